The van der Waals surface area contributed by atoms with Crippen LogP contribution < -0.4 is 14.8 Å². The van der Waals surface area contributed by atoms with Crippen molar-refractivity contribution >= 4 is 23.6 Å². The molecule has 6 nitrogen and oxygen atoms in total. The van der Waals surface area contributed by atoms with Gasteiger partial charge in [-0.2, -0.15) is 0 Å². The van der Waals surface area contributed by atoms with Crippen molar-refractivity contribution in [2.75, 3.05) is 19.0 Å². The molecule has 3 aromatic carbocycles. The number of anilines is 1. The number of benzene rings is 3. The minimum absolute atomic E-state index is 0.107. The van der Waals surface area contributed by atoms with E-state index in [1.54, 1.807) is 49.6 Å². The SMILES string of the molecule is CCOc1ccc(/C=C/C(=O)OCc2ccc(C(=O)Nc3ccccc3)cc2)cc1OC. The predicted molar refractivity (Wildman–Crippen MR) is 124 cm³/mol. The zero-order valence-electron chi connectivity index (χ0n) is 18.0. The van der Waals surface area contributed by atoms with Crippen molar-refractivity contribution in [2.45, 2.75) is 13.5 Å². The van der Waals surface area contributed by atoms with Gasteiger partial charge in [-0.25, -0.2) is 4.79 Å². The number of rotatable bonds is 9. The molecule has 0 fully saturated rings. The van der Waals surface area contributed by atoms with Gasteiger partial charge >= 0.3 is 5.97 Å². The highest BCUT2D eigenvalue weighted by Crippen LogP contribution is 2.28. The van der Waals surface area contributed by atoms with Gasteiger partial charge in [0, 0.05) is 17.3 Å². The molecule has 0 atom stereocenters. The topological polar surface area (TPSA) is 73.9 Å². The van der Waals surface area contributed by atoms with Crippen LogP contribution in [0.4, 0.5) is 5.69 Å². The highest BCUT2D eigenvalue weighted by Gasteiger charge is 2.07. The van der Waals surface area contributed by atoms with Crippen LogP contribution in [-0.2, 0) is 16.1 Å². The molecule has 3 aromatic rings. The molecule has 0 heterocycles. The van der Waals surface area contributed by atoms with Gasteiger partial charge in [0.05, 0.1) is 13.7 Å². The van der Waals surface area contributed by atoms with Gasteiger partial charge in [-0.3, -0.25) is 4.79 Å². The lowest BCUT2D eigenvalue weighted by Gasteiger charge is -2.09. The van der Waals surface area contributed by atoms with Crippen molar-refractivity contribution < 1.29 is 23.8 Å². The monoisotopic (exact) mass is 431 g/mol. The molecule has 0 aliphatic rings. The Labute approximate surface area is 187 Å². The first-order valence-corrected chi connectivity index (χ1v) is 10.2. The molecule has 3 rings (SSSR count). The maximum absolute atomic E-state index is 12.3. The van der Waals surface area contributed by atoms with Crippen molar-refractivity contribution in [1.29, 1.82) is 0 Å². The van der Waals surface area contributed by atoms with Crippen LogP contribution in [-0.4, -0.2) is 25.6 Å². The van der Waals surface area contributed by atoms with Gasteiger partial charge in [-0.05, 0) is 60.5 Å². The summed E-state index contributed by atoms with van der Waals surface area (Å²) >= 11 is 0. The Morgan fingerprint density at radius 3 is 2.38 bits per heavy atom. The number of esters is 1. The predicted octanol–water partition coefficient (Wildman–Crippen LogP) is 5.10. The Morgan fingerprint density at radius 1 is 0.938 bits per heavy atom. The molecule has 1 N–H and O–H groups in total. The second-order valence-corrected chi connectivity index (χ2v) is 6.80. The maximum atomic E-state index is 12.3. The Balaban J connectivity index is 1.52. The van der Waals surface area contributed by atoms with E-state index in [-0.39, 0.29) is 12.5 Å². The van der Waals surface area contributed by atoms with Crippen LogP contribution in [0.1, 0.15) is 28.4 Å². The lowest BCUT2D eigenvalue weighted by Crippen LogP contribution is -2.11. The van der Waals surface area contributed by atoms with Gasteiger partial charge in [0.25, 0.3) is 5.91 Å². The molecule has 0 spiro atoms. The summed E-state index contributed by atoms with van der Waals surface area (Å²) in [5.41, 5.74) is 2.82. The molecular weight excluding hydrogens is 406 g/mol. The summed E-state index contributed by atoms with van der Waals surface area (Å²) in [5.74, 6) is 0.576. The number of carbonyl (C=O) groups is 2. The van der Waals surface area contributed by atoms with Gasteiger partial charge in [-0.15, -0.1) is 0 Å². The first-order valence-electron chi connectivity index (χ1n) is 10.2. The summed E-state index contributed by atoms with van der Waals surface area (Å²) in [4.78, 5) is 24.4. The molecule has 0 unspecified atom stereocenters. The summed E-state index contributed by atoms with van der Waals surface area (Å²) in [6, 6.07) is 21.6. The molecule has 0 radical (unpaired) electrons. The Morgan fingerprint density at radius 2 is 1.69 bits per heavy atom. The fourth-order valence-electron chi connectivity index (χ4n) is 2.91. The quantitative estimate of drug-likeness (QED) is 0.377. The average molecular weight is 431 g/mol. The van der Waals surface area contributed by atoms with E-state index in [0.717, 1.165) is 16.8 Å². The number of ether oxygens (including phenoxy) is 3. The molecule has 0 bridgehead atoms. The van der Waals surface area contributed by atoms with E-state index in [9.17, 15) is 9.59 Å². The number of hydrogen-bond donors (Lipinski definition) is 1. The minimum Gasteiger partial charge on any atom is -0.493 e. The zero-order chi connectivity index (χ0) is 22.8. The highest BCUT2D eigenvalue weighted by atomic mass is 16.5. The Bertz CT molecular complexity index is 1080. The number of para-hydroxylation sites is 1. The van der Waals surface area contributed by atoms with Crippen molar-refractivity contribution in [2.24, 2.45) is 0 Å². The lowest BCUT2D eigenvalue weighted by molar-refractivity contribution is -0.138. The van der Waals surface area contributed by atoms with Gasteiger partial charge in [0.2, 0.25) is 0 Å². The second-order valence-electron chi connectivity index (χ2n) is 6.80. The standard InChI is InChI=1S/C26H25NO5/c1-3-31-23-15-11-19(17-24(23)30-2)12-16-25(28)32-18-20-9-13-21(14-10-20)26(29)27-22-7-5-4-6-8-22/h4-17H,3,18H2,1-2H3,(H,27,29)/b16-12+. The molecule has 1 amide bonds. The van der Waals surface area contributed by atoms with Crippen molar-refractivity contribution in [3.63, 3.8) is 0 Å². The van der Waals surface area contributed by atoms with Gasteiger partial charge < -0.3 is 19.5 Å². The van der Waals surface area contributed by atoms with Gasteiger partial charge in [0.1, 0.15) is 6.61 Å². The summed E-state index contributed by atoms with van der Waals surface area (Å²) in [5, 5.41) is 2.83. The van der Waals surface area contributed by atoms with Gasteiger partial charge in [-0.1, -0.05) is 36.4 Å². The van der Waals surface area contributed by atoms with E-state index in [0.29, 0.717) is 23.7 Å². The lowest BCUT2D eigenvalue weighted by atomic mass is 10.1. The molecular formula is C26H25NO5. The summed E-state index contributed by atoms with van der Waals surface area (Å²) in [6.45, 7) is 2.54. The third kappa shape index (κ3) is 6.47. The fraction of sp³-hybridized carbons (Fsp3) is 0.154. The fourth-order valence-corrected chi connectivity index (χ4v) is 2.91. The highest BCUT2D eigenvalue weighted by molar-refractivity contribution is 6.04. The summed E-state index contributed by atoms with van der Waals surface area (Å²) in [7, 11) is 1.57. The number of hydrogen-bond acceptors (Lipinski definition) is 5. The minimum atomic E-state index is -0.469. The first-order chi connectivity index (χ1) is 15.6. The third-order valence-electron chi connectivity index (χ3n) is 4.53. The van der Waals surface area contributed by atoms with Crippen molar-refractivity contribution in [3.8, 4) is 11.5 Å². The largest absolute Gasteiger partial charge is 0.493 e. The Kier molecular flexibility index (Phi) is 8.03. The molecule has 6 heteroatoms. The van der Waals surface area contributed by atoms with Crippen LogP contribution in [0.15, 0.2) is 78.9 Å². The Hall–Kier alpha value is -4.06. The van der Waals surface area contributed by atoms with Crippen molar-refractivity contribution in [3.05, 3.63) is 95.6 Å². The third-order valence-corrected chi connectivity index (χ3v) is 4.53. The molecule has 0 aliphatic carbocycles. The van der Waals surface area contributed by atoms with Crippen LogP contribution in [0.5, 0.6) is 11.5 Å². The van der Waals surface area contributed by atoms with E-state index in [4.69, 9.17) is 14.2 Å². The molecule has 0 saturated heterocycles. The smallest absolute Gasteiger partial charge is 0.331 e. The van der Waals surface area contributed by atoms with Crippen LogP contribution >= 0.6 is 0 Å². The van der Waals surface area contributed by atoms with Crippen LogP contribution in [0.3, 0.4) is 0 Å². The zero-order valence-corrected chi connectivity index (χ0v) is 18.0. The molecule has 0 aliphatic heterocycles. The maximum Gasteiger partial charge on any atom is 0.331 e. The molecule has 0 saturated carbocycles. The number of carbonyl (C=O) groups excluding carboxylic acids is 2. The molecule has 32 heavy (non-hydrogen) atoms. The van der Waals surface area contributed by atoms with Crippen LogP contribution in [0.2, 0.25) is 0 Å². The average Bonchev–Trinajstić information content (AvgIpc) is 2.83. The molecule has 0 aromatic heterocycles. The van der Waals surface area contributed by atoms with Crippen molar-refractivity contribution in [1.82, 2.24) is 0 Å². The number of methoxy groups -OCH3 is 1. The number of amides is 1. The first kappa shape index (κ1) is 22.6. The normalized spacial score (nSPS) is 10.6. The van der Waals surface area contributed by atoms with Crippen LogP contribution in [0, 0.1) is 0 Å². The van der Waals surface area contributed by atoms with E-state index >= 15 is 0 Å². The number of nitrogens with one attached hydrogen (secondary N) is 1. The van der Waals surface area contributed by atoms with E-state index in [1.165, 1.54) is 6.08 Å². The van der Waals surface area contributed by atoms with E-state index < -0.39 is 5.97 Å². The van der Waals surface area contributed by atoms with E-state index in [1.807, 2.05) is 43.3 Å². The summed E-state index contributed by atoms with van der Waals surface area (Å²) < 4.78 is 16.1. The van der Waals surface area contributed by atoms with Gasteiger partial charge in [0.15, 0.2) is 11.5 Å². The van der Waals surface area contributed by atoms with E-state index in [2.05, 4.69) is 5.32 Å². The molecule has 164 valence electrons. The second kappa shape index (κ2) is 11.4. The summed E-state index contributed by atoms with van der Waals surface area (Å²) in [6.07, 6.45) is 3.01. The van der Waals surface area contributed by atoms with Crippen LogP contribution in [0.25, 0.3) is 6.08 Å².